The molecule has 0 amide bonds. The van der Waals surface area contributed by atoms with Crippen LogP contribution in [0.4, 0.5) is 5.69 Å². The van der Waals surface area contributed by atoms with Gasteiger partial charge < -0.3 is 9.47 Å². The fraction of sp³-hybridized carbons (Fsp3) is 0.0909. The van der Waals surface area contributed by atoms with E-state index in [-0.39, 0.29) is 0 Å². The predicted molar refractivity (Wildman–Crippen MR) is 103 cm³/mol. The summed E-state index contributed by atoms with van der Waals surface area (Å²) >= 11 is 0. The van der Waals surface area contributed by atoms with Gasteiger partial charge in [0.15, 0.2) is 0 Å². The Morgan fingerprint density at radius 2 is 1.46 bits per heavy atom. The number of benzene rings is 3. The van der Waals surface area contributed by atoms with Gasteiger partial charge in [-0.15, -0.1) is 0 Å². The molecule has 0 unspecified atom stereocenters. The molecule has 0 bridgehead atoms. The molecule has 0 heterocycles. The molecule has 0 fully saturated rings. The quantitative estimate of drug-likeness (QED) is 0.372. The summed E-state index contributed by atoms with van der Waals surface area (Å²) in [5, 5.41) is 0. The van der Waals surface area contributed by atoms with Gasteiger partial charge in [-0.1, -0.05) is 29.8 Å². The monoisotopic (exact) mass is 345 g/mol. The highest BCUT2D eigenvalue weighted by Crippen LogP contribution is 2.19. The van der Waals surface area contributed by atoms with E-state index >= 15 is 0 Å². The zero-order valence-electron chi connectivity index (χ0n) is 14.7. The second kappa shape index (κ2) is 8.12. The van der Waals surface area contributed by atoms with Crippen molar-refractivity contribution in [2.45, 2.75) is 6.92 Å². The molecule has 0 saturated heterocycles. The summed E-state index contributed by atoms with van der Waals surface area (Å²) in [6, 6.07) is 22.0. The lowest BCUT2D eigenvalue weighted by Crippen LogP contribution is -2.08. The third-order valence-electron chi connectivity index (χ3n) is 3.81. The van der Waals surface area contributed by atoms with Crippen molar-refractivity contribution in [3.05, 3.63) is 89.5 Å². The van der Waals surface area contributed by atoms with Crippen molar-refractivity contribution in [1.82, 2.24) is 0 Å². The summed E-state index contributed by atoms with van der Waals surface area (Å²) in [7, 11) is 1.59. The van der Waals surface area contributed by atoms with E-state index in [0.717, 1.165) is 11.3 Å². The van der Waals surface area contributed by atoms with E-state index < -0.39 is 5.97 Å². The van der Waals surface area contributed by atoms with Gasteiger partial charge in [0.05, 0.1) is 18.4 Å². The molecule has 0 aliphatic heterocycles. The summed E-state index contributed by atoms with van der Waals surface area (Å²) in [5.41, 5.74) is 3.47. The van der Waals surface area contributed by atoms with Crippen molar-refractivity contribution in [3.63, 3.8) is 0 Å². The number of carbonyl (C=O) groups is 1. The first kappa shape index (κ1) is 17.4. The van der Waals surface area contributed by atoms with E-state index in [4.69, 9.17) is 9.47 Å². The van der Waals surface area contributed by atoms with Gasteiger partial charge >= 0.3 is 5.97 Å². The molecule has 0 N–H and O–H groups in total. The number of aliphatic imine (C=N–C) groups is 1. The first-order chi connectivity index (χ1) is 12.6. The van der Waals surface area contributed by atoms with Gasteiger partial charge in [0.25, 0.3) is 0 Å². The van der Waals surface area contributed by atoms with Crippen molar-refractivity contribution in [3.8, 4) is 11.5 Å². The van der Waals surface area contributed by atoms with Gasteiger partial charge in [0.1, 0.15) is 11.5 Å². The molecular weight excluding hydrogens is 326 g/mol. The number of aryl methyl sites for hydroxylation is 1. The van der Waals surface area contributed by atoms with Crippen LogP contribution in [-0.4, -0.2) is 19.3 Å². The van der Waals surface area contributed by atoms with Crippen molar-refractivity contribution >= 4 is 17.9 Å². The lowest BCUT2D eigenvalue weighted by molar-refractivity contribution is 0.0734. The fourth-order valence-corrected chi connectivity index (χ4v) is 2.29. The molecule has 0 aliphatic carbocycles. The molecule has 4 nitrogen and oxygen atoms in total. The number of hydrogen-bond donors (Lipinski definition) is 0. The standard InChI is InChI=1S/C22H19NO3/c1-16-3-5-17(6-4-16)15-23-19-9-7-18(8-10-19)22(24)26-21-13-11-20(25-2)12-14-21/h3-15H,1-2H3. The molecule has 0 saturated carbocycles. The molecule has 3 rings (SSSR count). The van der Waals surface area contributed by atoms with Crippen molar-refractivity contribution in [1.29, 1.82) is 0 Å². The Balaban J connectivity index is 1.64. The Morgan fingerprint density at radius 3 is 2.08 bits per heavy atom. The van der Waals surface area contributed by atoms with E-state index in [9.17, 15) is 4.79 Å². The zero-order chi connectivity index (χ0) is 18.4. The molecule has 3 aromatic rings. The highest BCUT2D eigenvalue weighted by molar-refractivity contribution is 5.91. The van der Waals surface area contributed by atoms with Crippen molar-refractivity contribution in [2.75, 3.05) is 7.11 Å². The minimum absolute atomic E-state index is 0.413. The summed E-state index contributed by atoms with van der Waals surface area (Å²) < 4.78 is 10.4. The second-order valence-corrected chi connectivity index (χ2v) is 5.78. The molecule has 0 aromatic heterocycles. The maximum absolute atomic E-state index is 12.2. The van der Waals surface area contributed by atoms with Crippen LogP contribution in [0.3, 0.4) is 0 Å². The Hall–Kier alpha value is -3.40. The van der Waals surface area contributed by atoms with Crippen LogP contribution in [0.1, 0.15) is 21.5 Å². The van der Waals surface area contributed by atoms with E-state index in [1.165, 1.54) is 5.56 Å². The van der Waals surface area contributed by atoms with Crippen LogP contribution in [0.5, 0.6) is 11.5 Å². The second-order valence-electron chi connectivity index (χ2n) is 5.78. The SMILES string of the molecule is COc1ccc(OC(=O)c2ccc(N=Cc3ccc(C)cc3)cc2)cc1. The predicted octanol–water partition coefficient (Wildman–Crippen LogP) is 4.97. The molecule has 26 heavy (non-hydrogen) atoms. The number of nitrogens with zero attached hydrogens (tertiary/aromatic N) is 1. The third-order valence-corrected chi connectivity index (χ3v) is 3.81. The Bertz CT molecular complexity index is 896. The first-order valence-electron chi connectivity index (χ1n) is 8.21. The van der Waals surface area contributed by atoms with Crippen LogP contribution in [0.25, 0.3) is 0 Å². The van der Waals surface area contributed by atoms with E-state index in [0.29, 0.717) is 17.1 Å². The van der Waals surface area contributed by atoms with Gasteiger partial charge in [0.2, 0.25) is 0 Å². The van der Waals surface area contributed by atoms with Gasteiger partial charge in [0, 0.05) is 6.21 Å². The maximum atomic E-state index is 12.2. The van der Waals surface area contributed by atoms with Crippen LogP contribution in [0.2, 0.25) is 0 Å². The van der Waals surface area contributed by atoms with Crippen molar-refractivity contribution in [2.24, 2.45) is 4.99 Å². The molecule has 0 radical (unpaired) electrons. The van der Waals surface area contributed by atoms with Crippen LogP contribution in [0, 0.1) is 6.92 Å². The van der Waals surface area contributed by atoms with Crippen LogP contribution < -0.4 is 9.47 Å². The average Bonchev–Trinajstić information content (AvgIpc) is 2.68. The lowest BCUT2D eigenvalue weighted by atomic mass is 10.2. The summed E-state index contributed by atoms with van der Waals surface area (Å²) in [6.07, 6.45) is 1.80. The molecule has 0 atom stereocenters. The van der Waals surface area contributed by atoms with Crippen LogP contribution >= 0.6 is 0 Å². The van der Waals surface area contributed by atoms with Gasteiger partial charge in [-0.25, -0.2) is 4.79 Å². The van der Waals surface area contributed by atoms with Crippen molar-refractivity contribution < 1.29 is 14.3 Å². The highest BCUT2D eigenvalue weighted by atomic mass is 16.5. The molecule has 130 valence electrons. The zero-order valence-corrected chi connectivity index (χ0v) is 14.7. The van der Waals surface area contributed by atoms with E-state index in [1.54, 1.807) is 61.9 Å². The average molecular weight is 345 g/mol. The molecule has 0 spiro atoms. The molecule has 0 aliphatic rings. The molecule has 3 aromatic carbocycles. The summed E-state index contributed by atoms with van der Waals surface area (Å²) in [4.78, 5) is 16.6. The Kier molecular flexibility index (Phi) is 5.44. The summed E-state index contributed by atoms with van der Waals surface area (Å²) in [5.74, 6) is 0.766. The number of rotatable bonds is 5. The Morgan fingerprint density at radius 1 is 0.846 bits per heavy atom. The normalized spacial score (nSPS) is 10.7. The third kappa shape index (κ3) is 4.57. The lowest BCUT2D eigenvalue weighted by Gasteiger charge is -2.05. The molecular formula is C22H19NO3. The summed E-state index contributed by atoms with van der Waals surface area (Å²) in [6.45, 7) is 2.05. The minimum Gasteiger partial charge on any atom is -0.497 e. The highest BCUT2D eigenvalue weighted by Gasteiger charge is 2.08. The minimum atomic E-state index is -0.413. The van der Waals surface area contributed by atoms with Crippen LogP contribution in [0.15, 0.2) is 77.8 Å². The number of carbonyl (C=O) groups excluding carboxylic acids is 1. The molecule has 4 heteroatoms. The van der Waals surface area contributed by atoms with Gasteiger partial charge in [-0.05, 0) is 61.0 Å². The Labute approximate surface area is 152 Å². The largest absolute Gasteiger partial charge is 0.497 e. The van der Waals surface area contributed by atoms with E-state index in [2.05, 4.69) is 4.99 Å². The number of ether oxygens (including phenoxy) is 2. The smallest absolute Gasteiger partial charge is 0.343 e. The topological polar surface area (TPSA) is 47.9 Å². The first-order valence-corrected chi connectivity index (χ1v) is 8.21. The van der Waals surface area contributed by atoms with Gasteiger partial charge in [-0.2, -0.15) is 0 Å². The number of esters is 1. The van der Waals surface area contributed by atoms with E-state index in [1.807, 2.05) is 31.2 Å². The van der Waals surface area contributed by atoms with Gasteiger partial charge in [-0.3, -0.25) is 4.99 Å². The number of hydrogen-bond acceptors (Lipinski definition) is 4. The fourth-order valence-electron chi connectivity index (χ4n) is 2.29. The maximum Gasteiger partial charge on any atom is 0.343 e. The number of methoxy groups -OCH3 is 1. The van der Waals surface area contributed by atoms with Crippen LogP contribution in [-0.2, 0) is 0 Å².